The lowest BCUT2D eigenvalue weighted by molar-refractivity contribution is -0.127. The summed E-state index contributed by atoms with van der Waals surface area (Å²) in [5, 5.41) is 0. The van der Waals surface area contributed by atoms with Gasteiger partial charge in [0.15, 0.2) is 0 Å². The topological polar surface area (TPSA) is 55.6 Å². The van der Waals surface area contributed by atoms with Crippen molar-refractivity contribution >= 4 is 11.6 Å². The Bertz CT molecular complexity index is 690. The fourth-order valence-electron chi connectivity index (χ4n) is 2.60. The molecule has 0 spiro atoms. The van der Waals surface area contributed by atoms with Crippen molar-refractivity contribution in [2.24, 2.45) is 5.73 Å². The lowest BCUT2D eigenvalue weighted by Crippen LogP contribution is -2.48. The summed E-state index contributed by atoms with van der Waals surface area (Å²) in [6, 6.07) is 13.2. The number of carbonyl (C=O) groups excluding carboxylic acids is 1. The second kappa shape index (κ2) is 5.77. The van der Waals surface area contributed by atoms with Crippen LogP contribution in [0.25, 0.3) is 0 Å². The third-order valence-corrected chi connectivity index (χ3v) is 3.77. The summed E-state index contributed by atoms with van der Waals surface area (Å²) in [5.41, 5.74) is 6.90. The minimum Gasteiger partial charge on any atom is -0.474 e. The summed E-state index contributed by atoms with van der Waals surface area (Å²) in [6.45, 7) is 2.11. The molecule has 0 saturated heterocycles. The predicted octanol–water partition coefficient (Wildman–Crippen LogP) is 2.64. The molecule has 1 aliphatic rings. The highest BCUT2D eigenvalue weighted by Crippen LogP contribution is 2.40. The minimum atomic E-state index is -0.742. The van der Waals surface area contributed by atoms with Gasteiger partial charge in [0.1, 0.15) is 11.6 Å². The molecule has 4 nitrogen and oxygen atoms in total. The van der Waals surface area contributed by atoms with E-state index in [1.165, 1.54) is 17.0 Å². The number of halogens is 1. The highest BCUT2D eigenvalue weighted by molar-refractivity contribution is 6.01. The van der Waals surface area contributed by atoms with Crippen LogP contribution < -0.4 is 15.4 Å². The maximum Gasteiger partial charge on any atom is 0.273 e. The fraction of sp³-hybridized carbons (Fsp3) is 0.235. The van der Waals surface area contributed by atoms with Crippen molar-refractivity contribution in [1.29, 1.82) is 0 Å². The van der Waals surface area contributed by atoms with E-state index in [0.29, 0.717) is 11.4 Å². The van der Waals surface area contributed by atoms with Gasteiger partial charge in [-0.05, 0) is 19.1 Å². The lowest BCUT2D eigenvalue weighted by Gasteiger charge is -2.37. The third kappa shape index (κ3) is 2.44. The lowest BCUT2D eigenvalue weighted by atomic mass is 10.0. The first kappa shape index (κ1) is 14.5. The molecule has 2 aromatic carbocycles. The molecular formula is C17H17FN2O2. The van der Waals surface area contributed by atoms with Crippen molar-refractivity contribution in [3.63, 3.8) is 0 Å². The van der Waals surface area contributed by atoms with E-state index in [2.05, 4.69) is 0 Å². The van der Waals surface area contributed by atoms with Gasteiger partial charge in [-0.15, -0.1) is 0 Å². The number of nitrogens with two attached hydrogens (primary N) is 1. The number of amides is 1. The van der Waals surface area contributed by atoms with Crippen molar-refractivity contribution in [2.45, 2.75) is 19.1 Å². The summed E-state index contributed by atoms with van der Waals surface area (Å²) in [4.78, 5) is 14.4. The molecule has 0 fully saturated rings. The van der Waals surface area contributed by atoms with Crippen molar-refractivity contribution in [3.05, 3.63) is 59.9 Å². The number of rotatable bonds is 3. The number of fused-ring (bicyclic) bond motifs is 1. The van der Waals surface area contributed by atoms with E-state index in [-0.39, 0.29) is 18.5 Å². The maximum absolute atomic E-state index is 13.6. The van der Waals surface area contributed by atoms with Crippen LogP contribution in [0.4, 0.5) is 10.1 Å². The molecule has 22 heavy (non-hydrogen) atoms. The minimum absolute atomic E-state index is 0.234. The van der Waals surface area contributed by atoms with E-state index in [1.807, 2.05) is 37.3 Å². The molecule has 2 unspecified atom stereocenters. The second-order valence-electron chi connectivity index (χ2n) is 5.31. The average molecular weight is 300 g/mol. The fourth-order valence-corrected chi connectivity index (χ4v) is 2.60. The third-order valence-electron chi connectivity index (χ3n) is 3.77. The number of nitrogens with zero attached hydrogens (tertiary/aromatic N) is 1. The van der Waals surface area contributed by atoms with Crippen LogP contribution in [-0.2, 0) is 4.79 Å². The van der Waals surface area contributed by atoms with Gasteiger partial charge in [-0.25, -0.2) is 4.39 Å². The number of ether oxygens (including phenoxy) is 1. The van der Waals surface area contributed by atoms with E-state index in [4.69, 9.17) is 10.5 Å². The number of anilines is 1. The molecule has 0 saturated carbocycles. The number of benzene rings is 2. The van der Waals surface area contributed by atoms with Crippen LogP contribution in [0.15, 0.2) is 48.5 Å². The van der Waals surface area contributed by atoms with Gasteiger partial charge in [0, 0.05) is 24.2 Å². The first-order chi connectivity index (χ1) is 10.6. The van der Waals surface area contributed by atoms with Crippen molar-refractivity contribution in [3.8, 4) is 5.75 Å². The number of carbonyl (C=O) groups is 1. The highest BCUT2D eigenvalue weighted by atomic mass is 19.1. The number of hydrogen-bond acceptors (Lipinski definition) is 3. The average Bonchev–Trinajstić information content (AvgIpc) is 2.54. The molecule has 2 N–H and O–H groups in total. The largest absolute Gasteiger partial charge is 0.474 e. The molecule has 1 aliphatic heterocycles. The van der Waals surface area contributed by atoms with Crippen molar-refractivity contribution in [2.75, 3.05) is 11.4 Å². The van der Waals surface area contributed by atoms with Gasteiger partial charge in [-0.3, -0.25) is 4.79 Å². The maximum atomic E-state index is 13.6. The van der Waals surface area contributed by atoms with Gasteiger partial charge in [0.05, 0.1) is 5.69 Å². The Balaban J connectivity index is 2.09. The van der Waals surface area contributed by atoms with Gasteiger partial charge in [0.2, 0.25) is 6.10 Å². The molecule has 0 aliphatic carbocycles. The highest BCUT2D eigenvalue weighted by Gasteiger charge is 2.37. The Hall–Kier alpha value is -2.40. The summed E-state index contributed by atoms with van der Waals surface area (Å²) < 4.78 is 19.4. The molecule has 2 atom stereocenters. The zero-order valence-corrected chi connectivity index (χ0v) is 12.2. The van der Waals surface area contributed by atoms with E-state index in [9.17, 15) is 9.18 Å². The monoisotopic (exact) mass is 300 g/mol. The molecule has 1 heterocycles. The quantitative estimate of drug-likeness (QED) is 0.948. The zero-order valence-electron chi connectivity index (χ0n) is 12.2. The Morgan fingerprint density at radius 2 is 2.00 bits per heavy atom. The zero-order chi connectivity index (χ0) is 15.7. The van der Waals surface area contributed by atoms with Crippen LogP contribution in [0.5, 0.6) is 5.75 Å². The molecule has 1 amide bonds. The van der Waals surface area contributed by atoms with E-state index in [1.54, 1.807) is 6.07 Å². The van der Waals surface area contributed by atoms with Gasteiger partial charge in [-0.2, -0.15) is 0 Å². The van der Waals surface area contributed by atoms with E-state index < -0.39 is 11.9 Å². The van der Waals surface area contributed by atoms with Crippen molar-refractivity contribution in [1.82, 2.24) is 0 Å². The summed E-state index contributed by atoms with van der Waals surface area (Å²) >= 11 is 0. The Morgan fingerprint density at radius 3 is 2.68 bits per heavy atom. The first-order valence-electron chi connectivity index (χ1n) is 7.16. The molecule has 0 bridgehead atoms. The van der Waals surface area contributed by atoms with Crippen LogP contribution in [0.1, 0.15) is 18.6 Å². The van der Waals surface area contributed by atoms with Gasteiger partial charge in [-0.1, -0.05) is 30.3 Å². The Labute approximate surface area is 128 Å². The van der Waals surface area contributed by atoms with Crippen LogP contribution in [0, 0.1) is 5.82 Å². The van der Waals surface area contributed by atoms with E-state index in [0.717, 1.165) is 5.56 Å². The van der Waals surface area contributed by atoms with Gasteiger partial charge in [0.25, 0.3) is 5.91 Å². The molecule has 114 valence electrons. The van der Waals surface area contributed by atoms with Crippen LogP contribution in [-0.4, -0.2) is 18.5 Å². The molecular weight excluding hydrogens is 283 g/mol. The van der Waals surface area contributed by atoms with Gasteiger partial charge < -0.3 is 15.4 Å². The summed E-state index contributed by atoms with van der Waals surface area (Å²) in [6.07, 6.45) is -0.742. The standard InChI is InChI=1S/C17H17FN2O2/c1-11(10-19)20-14-9-13(18)7-8-15(14)22-16(17(20)21)12-5-3-2-4-6-12/h2-9,11,16H,10,19H2,1H3. The summed E-state index contributed by atoms with van der Waals surface area (Å²) in [7, 11) is 0. The van der Waals surface area contributed by atoms with E-state index >= 15 is 0 Å². The predicted molar refractivity (Wildman–Crippen MR) is 82.2 cm³/mol. The molecule has 3 rings (SSSR count). The SMILES string of the molecule is CC(CN)N1C(=O)C(c2ccccc2)Oc2ccc(F)cc21. The molecule has 0 radical (unpaired) electrons. The smallest absolute Gasteiger partial charge is 0.273 e. The summed E-state index contributed by atoms with van der Waals surface area (Å²) in [5.74, 6) is -0.167. The second-order valence-corrected chi connectivity index (χ2v) is 5.31. The molecule has 0 aromatic heterocycles. The molecule has 5 heteroatoms. The van der Waals surface area contributed by atoms with Crippen molar-refractivity contribution < 1.29 is 13.9 Å². The number of hydrogen-bond donors (Lipinski definition) is 1. The first-order valence-corrected chi connectivity index (χ1v) is 7.16. The Kier molecular flexibility index (Phi) is 3.81. The van der Waals surface area contributed by atoms with Crippen LogP contribution in [0.2, 0.25) is 0 Å². The normalized spacial score (nSPS) is 18.6. The van der Waals surface area contributed by atoms with Gasteiger partial charge >= 0.3 is 0 Å². The van der Waals surface area contributed by atoms with Crippen LogP contribution >= 0.6 is 0 Å². The Morgan fingerprint density at radius 1 is 1.27 bits per heavy atom. The van der Waals surface area contributed by atoms with Crippen LogP contribution in [0.3, 0.4) is 0 Å². The molecule has 2 aromatic rings.